The first-order valence-electron chi connectivity index (χ1n) is 7.77. The van der Waals surface area contributed by atoms with Crippen molar-refractivity contribution in [3.63, 3.8) is 0 Å². The van der Waals surface area contributed by atoms with Gasteiger partial charge in [-0.05, 0) is 42.5 Å². The lowest BCUT2D eigenvalue weighted by atomic mass is 10.2. The largest absolute Gasteiger partial charge is 0.331 e. The van der Waals surface area contributed by atoms with Crippen LogP contribution in [0.1, 0.15) is 10.4 Å². The molecular weight excluding hydrogens is 416 g/mol. The van der Waals surface area contributed by atoms with Crippen molar-refractivity contribution in [1.82, 2.24) is 4.90 Å². The van der Waals surface area contributed by atoms with E-state index in [1.165, 1.54) is 17.0 Å². The first-order chi connectivity index (χ1) is 12.4. The molecule has 136 valence electrons. The van der Waals surface area contributed by atoms with Crippen LogP contribution in [-0.4, -0.2) is 32.3 Å². The fourth-order valence-electron chi connectivity index (χ4n) is 2.26. The maximum absolute atomic E-state index is 12.6. The third-order valence-electron chi connectivity index (χ3n) is 3.47. The fraction of sp³-hybridized carbons (Fsp3) is 0.105. The van der Waals surface area contributed by atoms with Crippen LogP contribution in [0.3, 0.4) is 0 Å². The van der Waals surface area contributed by atoms with E-state index in [0.717, 1.165) is 4.47 Å². The molecule has 0 bridgehead atoms. The molecule has 0 heterocycles. The van der Waals surface area contributed by atoms with E-state index in [1.807, 2.05) is 0 Å². The molecular formula is C19H19BrN2O3S. The van der Waals surface area contributed by atoms with E-state index in [-0.39, 0.29) is 16.4 Å². The predicted octanol–water partition coefficient (Wildman–Crippen LogP) is 4.06. The first kappa shape index (κ1) is 19.9. The van der Waals surface area contributed by atoms with Gasteiger partial charge in [-0.15, -0.1) is 13.2 Å². The van der Waals surface area contributed by atoms with Gasteiger partial charge < -0.3 is 4.90 Å². The van der Waals surface area contributed by atoms with Gasteiger partial charge in [0.15, 0.2) is 0 Å². The summed E-state index contributed by atoms with van der Waals surface area (Å²) in [4.78, 5) is 14.1. The highest BCUT2D eigenvalue weighted by molar-refractivity contribution is 9.10. The quantitative estimate of drug-likeness (QED) is 0.636. The molecule has 0 spiro atoms. The Morgan fingerprint density at radius 3 is 2.27 bits per heavy atom. The van der Waals surface area contributed by atoms with Crippen LogP contribution in [0.2, 0.25) is 0 Å². The lowest BCUT2D eigenvalue weighted by molar-refractivity contribution is 0.0790. The van der Waals surface area contributed by atoms with Crippen molar-refractivity contribution in [2.24, 2.45) is 0 Å². The van der Waals surface area contributed by atoms with Crippen LogP contribution >= 0.6 is 15.9 Å². The molecule has 0 atom stereocenters. The summed E-state index contributed by atoms with van der Waals surface area (Å²) in [6.45, 7) is 7.95. The average Bonchev–Trinajstić information content (AvgIpc) is 2.63. The second kappa shape index (κ2) is 8.82. The smallest absolute Gasteiger partial charge is 0.261 e. The van der Waals surface area contributed by atoms with Gasteiger partial charge in [0.05, 0.1) is 4.90 Å². The molecule has 2 aromatic rings. The summed E-state index contributed by atoms with van der Waals surface area (Å²) in [5, 5.41) is 0. The van der Waals surface area contributed by atoms with Crippen LogP contribution in [0.5, 0.6) is 0 Å². The highest BCUT2D eigenvalue weighted by Gasteiger charge is 2.19. The molecule has 0 aliphatic carbocycles. The molecule has 0 saturated carbocycles. The van der Waals surface area contributed by atoms with Gasteiger partial charge in [-0.3, -0.25) is 9.52 Å². The van der Waals surface area contributed by atoms with Gasteiger partial charge in [-0.1, -0.05) is 34.1 Å². The van der Waals surface area contributed by atoms with Gasteiger partial charge in [0.25, 0.3) is 15.9 Å². The molecule has 0 unspecified atom stereocenters. The molecule has 26 heavy (non-hydrogen) atoms. The van der Waals surface area contributed by atoms with Gasteiger partial charge in [0.2, 0.25) is 0 Å². The Balaban J connectivity index is 2.29. The Labute approximate surface area is 162 Å². The van der Waals surface area contributed by atoms with Crippen LogP contribution in [0.15, 0.2) is 83.2 Å². The number of nitrogens with one attached hydrogen (secondary N) is 1. The van der Waals surface area contributed by atoms with E-state index in [0.29, 0.717) is 18.8 Å². The van der Waals surface area contributed by atoms with E-state index in [1.54, 1.807) is 48.6 Å². The number of carbonyl (C=O) groups is 1. The molecule has 2 aromatic carbocycles. The van der Waals surface area contributed by atoms with Crippen molar-refractivity contribution in [3.8, 4) is 0 Å². The molecule has 1 N–H and O–H groups in total. The van der Waals surface area contributed by atoms with E-state index in [2.05, 4.69) is 33.8 Å². The Hall–Kier alpha value is -2.38. The van der Waals surface area contributed by atoms with E-state index in [4.69, 9.17) is 0 Å². The van der Waals surface area contributed by atoms with Crippen molar-refractivity contribution in [2.75, 3.05) is 17.8 Å². The van der Waals surface area contributed by atoms with Crippen LogP contribution in [0.25, 0.3) is 0 Å². The lowest BCUT2D eigenvalue weighted by Crippen LogP contribution is -2.31. The zero-order valence-electron chi connectivity index (χ0n) is 14.1. The summed E-state index contributed by atoms with van der Waals surface area (Å²) in [6, 6.07) is 12.7. The number of rotatable bonds is 8. The number of halogens is 1. The molecule has 0 fully saturated rings. The SMILES string of the molecule is C=CCN(CC=C)C(=O)c1cccc(S(=O)(=O)Nc2ccc(Br)cc2)c1. The number of sulfonamides is 1. The van der Waals surface area contributed by atoms with Crippen molar-refractivity contribution in [3.05, 3.63) is 83.9 Å². The zero-order chi connectivity index (χ0) is 19.2. The van der Waals surface area contributed by atoms with Crippen molar-refractivity contribution >= 4 is 37.5 Å². The average molecular weight is 435 g/mol. The number of benzene rings is 2. The first-order valence-corrected chi connectivity index (χ1v) is 10.0. The third-order valence-corrected chi connectivity index (χ3v) is 5.38. The summed E-state index contributed by atoms with van der Waals surface area (Å²) >= 11 is 3.30. The van der Waals surface area contributed by atoms with Crippen LogP contribution in [0, 0.1) is 0 Å². The van der Waals surface area contributed by atoms with Crippen LogP contribution < -0.4 is 4.72 Å². The van der Waals surface area contributed by atoms with Crippen molar-refractivity contribution < 1.29 is 13.2 Å². The van der Waals surface area contributed by atoms with Crippen molar-refractivity contribution in [2.45, 2.75) is 4.90 Å². The molecule has 0 aromatic heterocycles. The molecule has 0 radical (unpaired) electrons. The van der Waals surface area contributed by atoms with E-state index >= 15 is 0 Å². The number of hydrogen-bond donors (Lipinski definition) is 1. The standard InChI is InChI=1S/C19H19BrN2O3S/c1-3-12-22(13-4-2)19(23)15-6-5-7-18(14-15)26(24,25)21-17-10-8-16(20)9-11-17/h3-11,14,21H,1-2,12-13H2. The van der Waals surface area contributed by atoms with Gasteiger partial charge in [0.1, 0.15) is 0 Å². The minimum absolute atomic E-state index is 0.0171. The number of hydrogen-bond acceptors (Lipinski definition) is 3. The topological polar surface area (TPSA) is 66.5 Å². The summed E-state index contributed by atoms with van der Waals surface area (Å²) < 4.78 is 28.6. The zero-order valence-corrected chi connectivity index (χ0v) is 16.5. The lowest BCUT2D eigenvalue weighted by Gasteiger charge is -2.19. The summed E-state index contributed by atoms with van der Waals surface area (Å²) in [5.41, 5.74) is 0.720. The molecule has 7 heteroatoms. The maximum atomic E-state index is 12.6. The van der Waals surface area contributed by atoms with Gasteiger partial charge in [-0.2, -0.15) is 0 Å². The number of nitrogens with zero attached hydrogens (tertiary/aromatic N) is 1. The highest BCUT2D eigenvalue weighted by atomic mass is 79.9. The second-order valence-electron chi connectivity index (χ2n) is 5.43. The monoisotopic (exact) mass is 434 g/mol. The van der Waals surface area contributed by atoms with Gasteiger partial charge in [0, 0.05) is 28.8 Å². The second-order valence-corrected chi connectivity index (χ2v) is 8.03. The number of amides is 1. The minimum atomic E-state index is -3.81. The molecule has 0 saturated heterocycles. The Kier molecular flexibility index (Phi) is 6.76. The maximum Gasteiger partial charge on any atom is 0.261 e. The van der Waals surface area contributed by atoms with Crippen molar-refractivity contribution in [1.29, 1.82) is 0 Å². The summed E-state index contributed by atoms with van der Waals surface area (Å²) in [7, 11) is -3.81. The molecule has 0 aliphatic heterocycles. The molecule has 2 rings (SSSR count). The van der Waals surface area contributed by atoms with E-state index in [9.17, 15) is 13.2 Å². The third kappa shape index (κ3) is 5.06. The number of carbonyl (C=O) groups excluding carboxylic acids is 1. The minimum Gasteiger partial charge on any atom is -0.331 e. The van der Waals surface area contributed by atoms with Gasteiger partial charge in [-0.25, -0.2) is 8.42 Å². The van der Waals surface area contributed by atoms with E-state index < -0.39 is 10.0 Å². The summed E-state index contributed by atoms with van der Waals surface area (Å²) in [6.07, 6.45) is 3.22. The molecule has 0 aliphatic rings. The Morgan fingerprint density at radius 1 is 1.08 bits per heavy atom. The summed E-state index contributed by atoms with van der Waals surface area (Å²) in [5.74, 6) is -0.287. The van der Waals surface area contributed by atoms with Crippen LogP contribution in [-0.2, 0) is 10.0 Å². The Bertz CT molecular complexity index is 899. The fourth-order valence-corrected chi connectivity index (χ4v) is 3.63. The Morgan fingerprint density at radius 2 is 1.69 bits per heavy atom. The highest BCUT2D eigenvalue weighted by Crippen LogP contribution is 2.20. The molecule has 5 nitrogen and oxygen atoms in total. The van der Waals surface area contributed by atoms with Crippen LogP contribution in [0.4, 0.5) is 5.69 Å². The predicted molar refractivity (Wildman–Crippen MR) is 108 cm³/mol. The normalized spacial score (nSPS) is 10.8. The van der Waals surface area contributed by atoms with Gasteiger partial charge >= 0.3 is 0 Å². The number of anilines is 1. The molecule has 1 amide bonds.